The van der Waals surface area contributed by atoms with Gasteiger partial charge < -0.3 is 9.88 Å². The number of carbonyl (C=O) groups excluding carboxylic acids is 1. The number of carbonyl (C=O) groups is 1. The molecule has 1 unspecified atom stereocenters. The number of nitrogens with two attached hydrogens (primary N) is 1. The first-order valence-corrected chi connectivity index (χ1v) is 8.89. The van der Waals surface area contributed by atoms with Crippen molar-refractivity contribution >= 4 is 15.9 Å². The van der Waals surface area contributed by atoms with Crippen LogP contribution in [0.15, 0.2) is 17.2 Å². The van der Waals surface area contributed by atoms with Crippen molar-refractivity contribution in [2.45, 2.75) is 57.0 Å². The number of rotatable bonds is 7. The van der Waals surface area contributed by atoms with Crippen LogP contribution in [0.1, 0.15) is 50.0 Å². The van der Waals surface area contributed by atoms with Gasteiger partial charge in [0.05, 0.1) is 0 Å². The summed E-state index contributed by atoms with van der Waals surface area (Å²) >= 11 is 0. The predicted molar refractivity (Wildman–Crippen MR) is 80.4 cm³/mol. The molecule has 1 saturated carbocycles. The standard InChI is InChI=1S/C14H23N3O3S/c1-3-6-17-9-12(21(15,19)20)8-13(17)14(18)16-10(2)7-11-4-5-11/h8-11H,3-7H2,1-2H3,(H,16,18)(H2,15,19,20). The zero-order chi connectivity index (χ0) is 15.6. The fourth-order valence-corrected chi connectivity index (χ4v) is 3.02. The van der Waals surface area contributed by atoms with Crippen LogP contribution in [0.3, 0.4) is 0 Å². The molecular formula is C14H23N3O3S. The van der Waals surface area contributed by atoms with Gasteiger partial charge in [0.15, 0.2) is 0 Å². The number of nitrogens with zero attached hydrogens (tertiary/aromatic N) is 1. The number of aromatic nitrogens is 1. The van der Waals surface area contributed by atoms with Gasteiger partial charge in [0.1, 0.15) is 10.6 Å². The van der Waals surface area contributed by atoms with Gasteiger partial charge in [-0.3, -0.25) is 4.79 Å². The van der Waals surface area contributed by atoms with Gasteiger partial charge in [-0.05, 0) is 31.7 Å². The highest BCUT2D eigenvalue weighted by atomic mass is 32.2. The summed E-state index contributed by atoms with van der Waals surface area (Å²) in [7, 11) is -3.79. The van der Waals surface area contributed by atoms with Crippen molar-refractivity contribution in [3.63, 3.8) is 0 Å². The van der Waals surface area contributed by atoms with Crippen molar-refractivity contribution in [2.75, 3.05) is 0 Å². The minimum absolute atomic E-state index is 0.0176. The molecule has 0 radical (unpaired) electrons. The van der Waals surface area contributed by atoms with Crippen molar-refractivity contribution in [3.05, 3.63) is 18.0 Å². The number of nitrogens with one attached hydrogen (secondary N) is 1. The van der Waals surface area contributed by atoms with Crippen LogP contribution in [0.2, 0.25) is 0 Å². The van der Waals surface area contributed by atoms with E-state index in [9.17, 15) is 13.2 Å². The highest BCUT2D eigenvalue weighted by molar-refractivity contribution is 7.89. The van der Waals surface area contributed by atoms with E-state index in [1.165, 1.54) is 25.1 Å². The minimum Gasteiger partial charge on any atom is -0.348 e. The number of hydrogen-bond donors (Lipinski definition) is 2. The van der Waals surface area contributed by atoms with Crippen LogP contribution >= 0.6 is 0 Å². The molecule has 3 N–H and O–H groups in total. The van der Waals surface area contributed by atoms with Crippen molar-refractivity contribution in [1.29, 1.82) is 0 Å². The Morgan fingerprint density at radius 2 is 2.19 bits per heavy atom. The molecule has 0 aromatic carbocycles. The minimum atomic E-state index is -3.79. The quantitative estimate of drug-likeness (QED) is 0.798. The molecule has 1 fully saturated rings. The van der Waals surface area contributed by atoms with Crippen LogP contribution in [0.5, 0.6) is 0 Å². The summed E-state index contributed by atoms with van der Waals surface area (Å²) in [5.74, 6) is 0.481. The highest BCUT2D eigenvalue weighted by Crippen LogP contribution is 2.33. The summed E-state index contributed by atoms with van der Waals surface area (Å²) in [6.45, 7) is 4.52. The summed E-state index contributed by atoms with van der Waals surface area (Å²) in [6.07, 6.45) is 5.68. The van der Waals surface area contributed by atoms with E-state index in [2.05, 4.69) is 5.32 Å². The molecule has 0 saturated heterocycles. The maximum atomic E-state index is 12.3. The summed E-state index contributed by atoms with van der Waals surface area (Å²) in [5.41, 5.74) is 0.350. The molecule has 21 heavy (non-hydrogen) atoms. The first-order valence-electron chi connectivity index (χ1n) is 7.35. The fraction of sp³-hybridized carbons (Fsp3) is 0.643. The Morgan fingerprint density at radius 1 is 1.52 bits per heavy atom. The second-order valence-corrected chi connectivity index (χ2v) is 7.41. The fourth-order valence-electron chi connectivity index (χ4n) is 2.47. The Bertz CT molecular complexity index is 617. The number of amides is 1. The number of hydrogen-bond acceptors (Lipinski definition) is 3. The average molecular weight is 313 g/mol. The van der Waals surface area contributed by atoms with Gasteiger partial charge in [-0.25, -0.2) is 13.6 Å². The van der Waals surface area contributed by atoms with Crippen LogP contribution in [0.4, 0.5) is 0 Å². The molecule has 6 nitrogen and oxygen atoms in total. The van der Waals surface area contributed by atoms with Crippen molar-refractivity contribution in [1.82, 2.24) is 9.88 Å². The maximum absolute atomic E-state index is 12.3. The normalized spacial score (nSPS) is 16.7. The third-order valence-corrected chi connectivity index (χ3v) is 4.54. The largest absolute Gasteiger partial charge is 0.348 e. The molecule has 0 spiro atoms. The summed E-state index contributed by atoms with van der Waals surface area (Å²) in [4.78, 5) is 12.3. The SMILES string of the molecule is CCCn1cc(S(N)(=O)=O)cc1C(=O)NC(C)CC1CC1. The van der Waals surface area contributed by atoms with Crippen molar-refractivity contribution in [3.8, 4) is 0 Å². The van der Waals surface area contributed by atoms with E-state index < -0.39 is 10.0 Å². The highest BCUT2D eigenvalue weighted by Gasteiger charge is 2.25. The lowest BCUT2D eigenvalue weighted by Crippen LogP contribution is -2.34. The molecule has 0 bridgehead atoms. The van der Waals surface area contributed by atoms with E-state index in [0.717, 1.165) is 18.8 Å². The molecule has 1 heterocycles. The topological polar surface area (TPSA) is 94.2 Å². The van der Waals surface area contributed by atoms with Crippen molar-refractivity contribution < 1.29 is 13.2 Å². The van der Waals surface area contributed by atoms with Gasteiger partial charge in [-0.1, -0.05) is 19.8 Å². The van der Waals surface area contributed by atoms with E-state index in [0.29, 0.717) is 12.2 Å². The molecule has 0 aliphatic heterocycles. The zero-order valence-corrected chi connectivity index (χ0v) is 13.3. The molecule has 2 rings (SSSR count). The molecule has 1 amide bonds. The Balaban J connectivity index is 2.15. The smallest absolute Gasteiger partial charge is 0.268 e. The number of aryl methyl sites for hydroxylation is 1. The van der Waals surface area contributed by atoms with E-state index in [1.54, 1.807) is 4.57 Å². The third-order valence-electron chi connectivity index (χ3n) is 3.66. The van der Waals surface area contributed by atoms with Crippen LogP contribution in [0.25, 0.3) is 0 Å². The Hall–Kier alpha value is -1.34. The second-order valence-electron chi connectivity index (χ2n) is 5.85. The summed E-state index contributed by atoms with van der Waals surface area (Å²) in [6, 6.07) is 1.44. The van der Waals surface area contributed by atoms with Crippen LogP contribution in [-0.4, -0.2) is 24.9 Å². The first kappa shape index (κ1) is 16.0. The lowest BCUT2D eigenvalue weighted by molar-refractivity contribution is 0.0928. The van der Waals surface area contributed by atoms with E-state index in [-0.39, 0.29) is 16.8 Å². The lowest BCUT2D eigenvalue weighted by atomic mass is 10.1. The lowest BCUT2D eigenvalue weighted by Gasteiger charge is -2.14. The van der Waals surface area contributed by atoms with Gasteiger partial charge in [0.25, 0.3) is 5.91 Å². The average Bonchev–Trinajstić information content (AvgIpc) is 3.05. The molecule has 118 valence electrons. The van der Waals surface area contributed by atoms with Crippen LogP contribution in [-0.2, 0) is 16.6 Å². The monoisotopic (exact) mass is 313 g/mol. The van der Waals surface area contributed by atoms with E-state index >= 15 is 0 Å². The Morgan fingerprint density at radius 3 is 2.71 bits per heavy atom. The Labute approximate surface area is 125 Å². The number of sulfonamides is 1. The zero-order valence-electron chi connectivity index (χ0n) is 12.5. The molecule has 7 heteroatoms. The van der Waals surface area contributed by atoms with Crippen LogP contribution in [0, 0.1) is 5.92 Å². The van der Waals surface area contributed by atoms with E-state index in [4.69, 9.17) is 5.14 Å². The van der Waals surface area contributed by atoms with Gasteiger partial charge in [0.2, 0.25) is 10.0 Å². The molecule has 1 aliphatic rings. The van der Waals surface area contributed by atoms with E-state index in [1.807, 2.05) is 13.8 Å². The molecular weight excluding hydrogens is 290 g/mol. The number of primary sulfonamides is 1. The predicted octanol–water partition coefficient (Wildman–Crippen LogP) is 1.46. The molecule has 1 aliphatic carbocycles. The molecule has 1 aromatic rings. The third kappa shape index (κ3) is 4.31. The van der Waals surface area contributed by atoms with Gasteiger partial charge in [0, 0.05) is 18.8 Å². The summed E-state index contributed by atoms with van der Waals surface area (Å²) < 4.78 is 24.5. The maximum Gasteiger partial charge on any atom is 0.268 e. The van der Waals surface area contributed by atoms with Gasteiger partial charge in [-0.15, -0.1) is 0 Å². The second kappa shape index (κ2) is 6.19. The molecule has 1 atom stereocenters. The van der Waals surface area contributed by atoms with Gasteiger partial charge >= 0.3 is 0 Å². The van der Waals surface area contributed by atoms with Crippen LogP contribution < -0.4 is 10.5 Å². The first-order chi connectivity index (χ1) is 9.81. The van der Waals surface area contributed by atoms with Gasteiger partial charge in [-0.2, -0.15) is 0 Å². The molecule has 1 aromatic heterocycles. The van der Waals surface area contributed by atoms with Crippen molar-refractivity contribution in [2.24, 2.45) is 11.1 Å². The summed E-state index contributed by atoms with van der Waals surface area (Å²) in [5, 5.41) is 8.07. The Kier molecular flexibility index (Phi) is 4.73.